The molecule has 0 amide bonds. The smallest absolute Gasteiger partial charge is 0.291 e. The van der Waals surface area contributed by atoms with Gasteiger partial charge in [0.1, 0.15) is 0 Å². The molecular weight excluding hydrogens is 140 g/mol. The SMILES string of the molecule is CNCCNN.O=[N+]([O-])O. The number of nitrogens with zero attached hydrogens (tertiary/aromatic N) is 1. The third kappa shape index (κ3) is 60.5. The van der Waals surface area contributed by atoms with Crippen molar-refractivity contribution in [2.75, 3.05) is 20.1 Å². The molecule has 0 aliphatic rings. The van der Waals surface area contributed by atoms with Crippen LogP contribution in [0.5, 0.6) is 0 Å². The average molecular weight is 152 g/mol. The summed E-state index contributed by atoms with van der Waals surface area (Å²) in [5.41, 5.74) is 2.51. The first-order valence-electron chi connectivity index (χ1n) is 2.56. The monoisotopic (exact) mass is 152 g/mol. The number of hydrazine groups is 1. The van der Waals surface area contributed by atoms with Crippen LogP contribution < -0.4 is 16.6 Å². The summed E-state index contributed by atoms with van der Waals surface area (Å²) >= 11 is 0. The molecule has 0 radical (unpaired) electrons. The molecule has 0 saturated heterocycles. The van der Waals surface area contributed by atoms with Gasteiger partial charge in [0.2, 0.25) is 0 Å². The van der Waals surface area contributed by atoms with Crippen LogP contribution in [0.2, 0.25) is 0 Å². The van der Waals surface area contributed by atoms with Crippen molar-refractivity contribution in [2.45, 2.75) is 0 Å². The molecule has 0 bridgehead atoms. The first-order valence-corrected chi connectivity index (χ1v) is 2.56. The van der Waals surface area contributed by atoms with Crippen LogP contribution in [-0.2, 0) is 0 Å². The summed E-state index contributed by atoms with van der Waals surface area (Å²) in [6.07, 6.45) is 0. The Morgan fingerprint density at radius 1 is 1.70 bits per heavy atom. The van der Waals surface area contributed by atoms with Gasteiger partial charge in [0.25, 0.3) is 5.09 Å². The Bertz CT molecular complexity index is 70.1. The van der Waals surface area contributed by atoms with Crippen molar-refractivity contribution in [1.82, 2.24) is 10.7 Å². The Morgan fingerprint density at radius 2 is 2.10 bits per heavy atom. The average Bonchev–Trinajstić information content (AvgIpc) is 1.82. The van der Waals surface area contributed by atoms with Gasteiger partial charge in [-0.25, -0.2) is 0 Å². The van der Waals surface area contributed by atoms with E-state index in [4.69, 9.17) is 21.2 Å². The summed E-state index contributed by atoms with van der Waals surface area (Å²) in [7, 11) is 1.89. The van der Waals surface area contributed by atoms with Crippen LogP contribution in [0.15, 0.2) is 0 Å². The summed E-state index contributed by atoms with van der Waals surface area (Å²) in [4.78, 5) is 8.36. The van der Waals surface area contributed by atoms with Crippen LogP contribution in [0.4, 0.5) is 0 Å². The van der Waals surface area contributed by atoms with Crippen LogP contribution in [0.3, 0.4) is 0 Å². The highest BCUT2D eigenvalue weighted by Gasteiger charge is 1.71. The van der Waals surface area contributed by atoms with E-state index in [1.807, 2.05) is 7.05 Å². The first-order chi connectivity index (χ1) is 4.65. The number of hydrogen-bond donors (Lipinski definition) is 4. The van der Waals surface area contributed by atoms with Crippen LogP contribution in [-0.4, -0.2) is 30.4 Å². The zero-order valence-electron chi connectivity index (χ0n) is 5.70. The van der Waals surface area contributed by atoms with Crippen LogP contribution in [0.25, 0.3) is 0 Å². The van der Waals surface area contributed by atoms with E-state index in [1.54, 1.807) is 0 Å². The largest absolute Gasteiger partial charge is 0.328 e. The molecule has 0 atom stereocenters. The number of rotatable bonds is 3. The van der Waals surface area contributed by atoms with E-state index in [1.165, 1.54) is 0 Å². The van der Waals surface area contributed by atoms with Crippen molar-refractivity contribution < 1.29 is 10.3 Å². The summed E-state index contributed by atoms with van der Waals surface area (Å²) in [6.45, 7) is 1.76. The summed E-state index contributed by atoms with van der Waals surface area (Å²) < 4.78 is 0. The van der Waals surface area contributed by atoms with Gasteiger partial charge in [-0.2, -0.15) is 0 Å². The lowest BCUT2D eigenvalue weighted by atomic mass is 10.7. The van der Waals surface area contributed by atoms with E-state index in [9.17, 15) is 0 Å². The Kier molecular flexibility index (Phi) is 13.0. The maximum absolute atomic E-state index is 8.36. The lowest BCUT2D eigenvalue weighted by Gasteiger charge is -1.92. The molecule has 0 fully saturated rings. The van der Waals surface area contributed by atoms with Gasteiger partial charge in [-0.1, -0.05) is 0 Å². The molecular formula is C3H12N4O3. The van der Waals surface area contributed by atoms with Crippen molar-refractivity contribution >= 4 is 0 Å². The lowest BCUT2D eigenvalue weighted by Crippen LogP contribution is -2.29. The minimum Gasteiger partial charge on any atom is -0.328 e. The van der Waals surface area contributed by atoms with Crippen LogP contribution >= 0.6 is 0 Å². The van der Waals surface area contributed by atoms with Gasteiger partial charge in [0.15, 0.2) is 0 Å². The van der Waals surface area contributed by atoms with E-state index >= 15 is 0 Å². The molecule has 62 valence electrons. The second-order valence-corrected chi connectivity index (χ2v) is 1.30. The maximum atomic E-state index is 8.36. The van der Waals surface area contributed by atoms with E-state index in [0.717, 1.165) is 13.1 Å². The molecule has 0 rings (SSSR count). The molecule has 0 spiro atoms. The quantitative estimate of drug-likeness (QED) is 0.166. The molecule has 0 unspecified atom stereocenters. The molecule has 10 heavy (non-hydrogen) atoms. The molecule has 0 aromatic carbocycles. The predicted octanol–water partition coefficient (Wildman–Crippen LogP) is -1.68. The van der Waals surface area contributed by atoms with Crippen molar-refractivity contribution in [3.8, 4) is 0 Å². The second kappa shape index (κ2) is 11.0. The van der Waals surface area contributed by atoms with Crippen molar-refractivity contribution in [3.63, 3.8) is 0 Å². The van der Waals surface area contributed by atoms with Gasteiger partial charge in [-0.15, -0.1) is 10.1 Å². The van der Waals surface area contributed by atoms with Gasteiger partial charge in [-0.3, -0.25) is 11.3 Å². The third-order valence-corrected chi connectivity index (χ3v) is 0.519. The first kappa shape index (κ1) is 11.8. The summed E-state index contributed by atoms with van der Waals surface area (Å²) in [5, 5.41) is 16.6. The van der Waals surface area contributed by atoms with Gasteiger partial charge < -0.3 is 10.5 Å². The standard InChI is InChI=1S/C3H11N3.HNO3/c1-5-2-3-6-4;2-1(3)4/h5-6H,2-4H2,1H3;(H,2,3,4). The van der Waals surface area contributed by atoms with Gasteiger partial charge in [-0.05, 0) is 7.05 Å². The summed E-state index contributed by atoms with van der Waals surface area (Å²) in [6, 6.07) is 0. The molecule has 5 N–H and O–H groups in total. The normalized spacial score (nSPS) is 7.80. The molecule has 0 heterocycles. The zero-order valence-corrected chi connectivity index (χ0v) is 5.70. The molecule has 0 aliphatic carbocycles. The van der Waals surface area contributed by atoms with Gasteiger partial charge in [0.05, 0.1) is 0 Å². The highest BCUT2D eigenvalue weighted by atomic mass is 16.9. The Balaban J connectivity index is 0. The summed E-state index contributed by atoms with van der Waals surface area (Å²) in [5.74, 6) is 4.92. The number of hydrogen-bond acceptors (Lipinski definition) is 5. The Hall–Kier alpha value is -0.920. The van der Waals surface area contributed by atoms with Crippen molar-refractivity contribution in [3.05, 3.63) is 10.1 Å². The van der Waals surface area contributed by atoms with E-state index in [2.05, 4.69) is 10.7 Å². The molecule has 7 heteroatoms. The second-order valence-electron chi connectivity index (χ2n) is 1.30. The fraction of sp³-hybridized carbons (Fsp3) is 1.00. The molecule has 0 aromatic heterocycles. The Labute approximate surface area is 58.3 Å². The fourth-order valence-corrected chi connectivity index (χ4v) is 0.197. The number of nitrogens with two attached hydrogens (primary N) is 1. The highest BCUT2D eigenvalue weighted by molar-refractivity contribution is 4.37. The van der Waals surface area contributed by atoms with E-state index < -0.39 is 5.09 Å². The topological polar surface area (TPSA) is 113 Å². The van der Waals surface area contributed by atoms with Crippen molar-refractivity contribution in [2.24, 2.45) is 5.84 Å². The van der Waals surface area contributed by atoms with Gasteiger partial charge >= 0.3 is 0 Å². The Morgan fingerprint density at radius 3 is 2.20 bits per heavy atom. The number of likely N-dealkylation sites (N-methyl/N-ethyl adjacent to an activating group) is 1. The predicted molar refractivity (Wildman–Crippen MR) is 34.9 cm³/mol. The molecule has 0 aliphatic heterocycles. The zero-order chi connectivity index (χ0) is 8.41. The molecule has 0 saturated carbocycles. The minimum atomic E-state index is -1.50. The van der Waals surface area contributed by atoms with E-state index in [0.29, 0.717) is 0 Å². The molecule has 0 aromatic rings. The maximum Gasteiger partial charge on any atom is 0.291 e. The highest BCUT2D eigenvalue weighted by Crippen LogP contribution is 1.42. The number of nitrogens with one attached hydrogen (secondary N) is 2. The van der Waals surface area contributed by atoms with Gasteiger partial charge in [0, 0.05) is 13.1 Å². The van der Waals surface area contributed by atoms with E-state index in [-0.39, 0.29) is 0 Å². The lowest BCUT2D eigenvalue weighted by molar-refractivity contribution is -0.742. The fourth-order valence-electron chi connectivity index (χ4n) is 0.197. The van der Waals surface area contributed by atoms with Crippen LogP contribution in [0.1, 0.15) is 0 Å². The van der Waals surface area contributed by atoms with Crippen LogP contribution in [0, 0.1) is 10.1 Å². The minimum absolute atomic E-state index is 0.830. The van der Waals surface area contributed by atoms with Crippen molar-refractivity contribution in [1.29, 1.82) is 0 Å². The third-order valence-electron chi connectivity index (χ3n) is 0.519. The molecule has 7 nitrogen and oxygen atoms in total.